The zero-order chi connectivity index (χ0) is 7.97. The van der Waals surface area contributed by atoms with Crippen LogP contribution in [0.5, 0.6) is 0 Å². The van der Waals surface area contributed by atoms with Gasteiger partial charge in [-0.25, -0.2) is 0 Å². The number of hydrogen-bond donors (Lipinski definition) is 0. The molecule has 0 atom stereocenters. The molecule has 0 fully saturated rings. The van der Waals surface area contributed by atoms with Gasteiger partial charge in [-0.05, 0) is 22.3 Å². The molecule has 1 heteroatoms. The first-order chi connectivity index (χ1) is 5.97. The summed E-state index contributed by atoms with van der Waals surface area (Å²) in [5.74, 6) is 0. The van der Waals surface area contributed by atoms with Gasteiger partial charge < -0.3 is 5.48 Å². The summed E-state index contributed by atoms with van der Waals surface area (Å²) >= 11 is 0. The highest BCUT2D eigenvalue weighted by Crippen LogP contribution is 2.46. The molecule has 0 amide bonds. The lowest BCUT2D eigenvalue weighted by molar-refractivity contribution is 0.824. The molecule has 0 heterocycles. The van der Waals surface area contributed by atoms with E-state index < -0.39 is 0 Å². The monoisotopic (exact) mass is 170 g/mol. The van der Waals surface area contributed by atoms with Crippen LogP contribution < -0.4 is 0 Å². The molecule has 1 nitrogen and oxygen atoms in total. The Morgan fingerprint density at radius 1 is 0.462 bits per heavy atom. The Hall–Kier alpha value is -1.60. The molecule has 0 unspecified atom stereocenters. The maximum absolute atomic E-state index is 2.18. The van der Waals surface area contributed by atoms with Crippen LogP contribution >= 0.6 is 0 Å². The van der Waals surface area contributed by atoms with Crippen molar-refractivity contribution in [2.45, 2.75) is 0 Å². The molecule has 0 bridgehead atoms. The van der Waals surface area contributed by atoms with Crippen molar-refractivity contribution in [1.29, 1.82) is 0 Å². The average molecular weight is 170 g/mol. The van der Waals surface area contributed by atoms with Gasteiger partial charge >= 0.3 is 0 Å². The van der Waals surface area contributed by atoms with Crippen LogP contribution in [0.25, 0.3) is 22.3 Å². The molecule has 0 radical (unpaired) electrons. The van der Waals surface area contributed by atoms with E-state index in [4.69, 9.17) is 0 Å². The van der Waals surface area contributed by atoms with Gasteiger partial charge in [0, 0.05) is 0 Å². The normalized spacial score (nSPS) is 10.5. The Morgan fingerprint density at radius 2 is 0.692 bits per heavy atom. The largest absolute Gasteiger partial charge is 0.412 e. The van der Waals surface area contributed by atoms with E-state index in [1.165, 1.54) is 22.3 Å². The van der Waals surface area contributed by atoms with Gasteiger partial charge in [-0.1, -0.05) is 48.5 Å². The fraction of sp³-hybridized carbons (Fsp3) is 0. The SMILES string of the molecule is O.c1ccc2c(c1)-c1ccccc1-2. The Balaban J connectivity index is 0.000000653. The van der Waals surface area contributed by atoms with E-state index in [1.54, 1.807) is 0 Å². The Morgan fingerprint density at radius 3 is 0.923 bits per heavy atom. The molecule has 0 spiro atoms. The first kappa shape index (κ1) is 8.02. The van der Waals surface area contributed by atoms with Crippen LogP contribution in [-0.2, 0) is 0 Å². The number of benzene rings is 2. The van der Waals surface area contributed by atoms with Gasteiger partial charge in [-0.15, -0.1) is 0 Å². The van der Waals surface area contributed by atoms with Crippen molar-refractivity contribution in [2.75, 3.05) is 0 Å². The van der Waals surface area contributed by atoms with Gasteiger partial charge in [0.25, 0.3) is 0 Å². The van der Waals surface area contributed by atoms with Crippen LogP contribution in [0, 0.1) is 0 Å². The molecule has 0 aliphatic heterocycles. The van der Waals surface area contributed by atoms with Crippen LogP contribution in [0.2, 0.25) is 0 Å². The van der Waals surface area contributed by atoms with Gasteiger partial charge in [0.2, 0.25) is 0 Å². The number of rotatable bonds is 0. The molecule has 1 aliphatic rings. The summed E-state index contributed by atoms with van der Waals surface area (Å²) in [6, 6.07) is 17.1. The van der Waals surface area contributed by atoms with Crippen LogP contribution in [0.1, 0.15) is 0 Å². The second kappa shape index (κ2) is 2.71. The van der Waals surface area contributed by atoms with E-state index >= 15 is 0 Å². The van der Waals surface area contributed by atoms with Crippen LogP contribution in [0.3, 0.4) is 0 Å². The predicted molar refractivity (Wildman–Crippen MR) is 54.5 cm³/mol. The van der Waals surface area contributed by atoms with Crippen molar-refractivity contribution in [3.63, 3.8) is 0 Å². The quantitative estimate of drug-likeness (QED) is 0.496. The molecule has 2 aromatic carbocycles. The van der Waals surface area contributed by atoms with E-state index in [0.29, 0.717) is 0 Å². The molecule has 1 aliphatic carbocycles. The number of hydrogen-bond acceptors (Lipinski definition) is 0. The fourth-order valence-corrected chi connectivity index (χ4v) is 1.84. The van der Waals surface area contributed by atoms with Crippen LogP contribution in [-0.4, -0.2) is 5.48 Å². The van der Waals surface area contributed by atoms with Crippen molar-refractivity contribution in [3.8, 4) is 22.3 Å². The smallest absolute Gasteiger partial charge is 0.00990 e. The lowest BCUT2D eigenvalue weighted by Gasteiger charge is -2.22. The topological polar surface area (TPSA) is 31.5 Å². The molecule has 3 rings (SSSR count). The third-order valence-electron chi connectivity index (χ3n) is 2.43. The summed E-state index contributed by atoms with van der Waals surface area (Å²) in [7, 11) is 0. The highest BCUT2D eigenvalue weighted by atomic mass is 16.0. The summed E-state index contributed by atoms with van der Waals surface area (Å²) in [6.45, 7) is 0. The Labute approximate surface area is 77.0 Å². The molecule has 0 saturated carbocycles. The zero-order valence-electron chi connectivity index (χ0n) is 7.12. The van der Waals surface area contributed by atoms with E-state index in [2.05, 4.69) is 48.5 Å². The van der Waals surface area contributed by atoms with Gasteiger partial charge in [-0.3, -0.25) is 0 Å². The maximum atomic E-state index is 2.18. The van der Waals surface area contributed by atoms with E-state index in [1.807, 2.05) is 0 Å². The average Bonchev–Trinajstić information content (AvgIpc) is 2.14. The fourth-order valence-electron chi connectivity index (χ4n) is 1.84. The van der Waals surface area contributed by atoms with Crippen LogP contribution in [0.4, 0.5) is 0 Å². The second-order valence-electron chi connectivity index (χ2n) is 3.09. The van der Waals surface area contributed by atoms with Gasteiger partial charge in [0.15, 0.2) is 0 Å². The van der Waals surface area contributed by atoms with E-state index in [9.17, 15) is 0 Å². The Kier molecular flexibility index (Phi) is 1.67. The summed E-state index contributed by atoms with van der Waals surface area (Å²) in [5, 5.41) is 0. The molecular formula is C12H10O. The highest BCUT2D eigenvalue weighted by Gasteiger charge is 2.19. The van der Waals surface area contributed by atoms with Gasteiger partial charge in [0.05, 0.1) is 0 Å². The first-order valence-corrected chi connectivity index (χ1v) is 4.15. The van der Waals surface area contributed by atoms with Crippen molar-refractivity contribution in [1.82, 2.24) is 0 Å². The maximum Gasteiger partial charge on any atom is -0.00990 e. The first-order valence-electron chi connectivity index (χ1n) is 4.15. The molecule has 0 saturated heterocycles. The summed E-state index contributed by atoms with van der Waals surface area (Å²) in [5.41, 5.74) is 5.59. The molecule has 2 N–H and O–H groups in total. The third-order valence-corrected chi connectivity index (χ3v) is 2.43. The third kappa shape index (κ3) is 0.910. The standard InChI is InChI=1S/C12H8.H2O/c1-2-6-10-9(5-1)11-7-3-4-8-12(10)11;/h1-8H;1H2. The van der Waals surface area contributed by atoms with Crippen molar-refractivity contribution >= 4 is 0 Å². The van der Waals surface area contributed by atoms with Gasteiger partial charge in [0.1, 0.15) is 0 Å². The molecule has 2 aromatic rings. The summed E-state index contributed by atoms with van der Waals surface area (Å²) in [6.07, 6.45) is 0. The minimum atomic E-state index is 0. The van der Waals surface area contributed by atoms with Crippen LogP contribution in [0.15, 0.2) is 48.5 Å². The molecular weight excluding hydrogens is 160 g/mol. The molecule has 13 heavy (non-hydrogen) atoms. The van der Waals surface area contributed by atoms with E-state index in [0.717, 1.165) is 0 Å². The number of fused-ring (bicyclic) bond motifs is 4. The summed E-state index contributed by atoms with van der Waals surface area (Å²) in [4.78, 5) is 0. The zero-order valence-corrected chi connectivity index (χ0v) is 7.12. The lowest BCUT2D eigenvalue weighted by atomic mass is 9.81. The minimum absolute atomic E-state index is 0. The van der Waals surface area contributed by atoms with E-state index in [-0.39, 0.29) is 5.48 Å². The van der Waals surface area contributed by atoms with Gasteiger partial charge in [-0.2, -0.15) is 0 Å². The predicted octanol–water partition coefficient (Wildman–Crippen LogP) is 2.51. The lowest BCUT2D eigenvalue weighted by Crippen LogP contribution is -1.96. The van der Waals surface area contributed by atoms with Crippen molar-refractivity contribution in [2.24, 2.45) is 0 Å². The molecule has 0 aromatic heterocycles. The second-order valence-corrected chi connectivity index (χ2v) is 3.09. The highest BCUT2D eigenvalue weighted by molar-refractivity contribution is 6.01. The molecule has 64 valence electrons. The minimum Gasteiger partial charge on any atom is -0.412 e. The Bertz CT molecular complexity index is 346. The van der Waals surface area contributed by atoms with Crippen molar-refractivity contribution in [3.05, 3.63) is 48.5 Å². The summed E-state index contributed by atoms with van der Waals surface area (Å²) < 4.78 is 0. The van der Waals surface area contributed by atoms with Crippen molar-refractivity contribution < 1.29 is 5.48 Å².